The SMILES string of the molecule is CCOc1ccc(-c2n[nH]c(-c3ccoc3C)n2)cc1OCC. The zero-order valence-corrected chi connectivity index (χ0v) is 13.4. The Hall–Kier alpha value is -2.76. The van der Waals surface area contributed by atoms with Crippen molar-refractivity contribution in [1.29, 1.82) is 0 Å². The molecule has 0 fully saturated rings. The summed E-state index contributed by atoms with van der Waals surface area (Å²) in [6, 6.07) is 7.55. The molecular weight excluding hydrogens is 294 g/mol. The molecule has 0 amide bonds. The smallest absolute Gasteiger partial charge is 0.181 e. The van der Waals surface area contributed by atoms with Gasteiger partial charge in [0.15, 0.2) is 23.1 Å². The summed E-state index contributed by atoms with van der Waals surface area (Å²) >= 11 is 0. The minimum atomic E-state index is 0.566. The number of aryl methyl sites for hydroxylation is 1. The van der Waals surface area contributed by atoms with Gasteiger partial charge in [-0.3, -0.25) is 5.10 Å². The Balaban J connectivity index is 1.94. The quantitative estimate of drug-likeness (QED) is 0.748. The lowest BCUT2D eigenvalue weighted by atomic mass is 10.2. The Labute approximate surface area is 134 Å². The number of hydrogen-bond donors (Lipinski definition) is 1. The van der Waals surface area contributed by atoms with Crippen molar-refractivity contribution in [1.82, 2.24) is 15.2 Å². The summed E-state index contributed by atoms with van der Waals surface area (Å²) in [6.07, 6.45) is 1.64. The molecule has 1 N–H and O–H groups in total. The average molecular weight is 313 g/mol. The summed E-state index contributed by atoms with van der Waals surface area (Å²) in [7, 11) is 0. The van der Waals surface area contributed by atoms with E-state index in [1.807, 2.05) is 45.0 Å². The van der Waals surface area contributed by atoms with E-state index in [2.05, 4.69) is 15.2 Å². The summed E-state index contributed by atoms with van der Waals surface area (Å²) in [6.45, 7) is 6.93. The largest absolute Gasteiger partial charge is 0.490 e. The summed E-state index contributed by atoms with van der Waals surface area (Å²) in [4.78, 5) is 4.54. The Morgan fingerprint density at radius 3 is 2.57 bits per heavy atom. The normalized spacial score (nSPS) is 10.7. The van der Waals surface area contributed by atoms with Crippen molar-refractivity contribution in [2.45, 2.75) is 20.8 Å². The molecule has 0 aliphatic rings. The second-order valence-electron chi connectivity index (χ2n) is 4.93. The highest BCUT2D eigenvalue weighted by Crippen LogP contribution is 2.32. The van der Waals surface area contributed by atoms with Crippen LogP contribution in [0.2, 0.25) is 0 Å². The number of ether oxygens (including phenoxy) is 2. The summed E-state index contributed by atoms with van der Waals surface area (Å²) < 4.78 is 16.5. The molecule has 3 aromatic rings. The van der Waals surface area contributed by atoms with E-state index in [-0.39, 0.29) is 0 Å². The van der Waals surface area contributed by atoms with E-state index < -0.39 is 0 Å². The number of aromatic amines is 1. The van der Waals surface area contributed by atoms with Crippen LogP contribution in [0, 0.1) is 6.92 Å². The molecule has 3 rings (SSSR count). The maximum absolute atomic E-state index is 5.64. The third kappa shape index (κ3) is 3.06. The molecule has 6 heteroatoms. The van der Waals surface area contributed by atoms with Crippen LogP contribution in [0.5, 0.6) is 11.5 Å². The van der Waals surface area contributed by atoms with E-state index in [1.165, 1.54) is 0 Å². The number of aromatic nitrogens is 3. The molecule has 0 atom stereocenters. The van der Waals surface area contributed by atoms with Gasteiger partial charge in [0.1, 0.15) is 5.76 Å². The Bertz CT molecular complexity index is 792. The van der Waals surface area contributed by atoms with Crippen molar-refractivity contribution < 1.29 is 13.9 Å². The summed E-state index contributed by atoms with van der Waals surface area (Å²) in [5.74, 6) is 3.49. The predicted octanol–water partition coefficient (Wildman–Crippen LogP) is 3.84. The average Bonchev–Trinajstić information content (AvgIpc) is 3.18. The zero-order chi connectivity index (χ0) is 16.2. The van der Waals surface area contributed by atoms with Gasteiger partial charge in [-0.25, -0.2) is 4.98 Å². The van der Waals surface area contributed by atoms with Crippen molar-refractivity contribution in [2.75, 3.05) is 13.2 Å². The molecule has 0 unspecified atom stereocenters. The number of benzene rings is 1. The van der Waals surface area contributed by atoms with Crippen LogP contribution < -0.4 is 9.47 Å². The van der Waals surface area contributed by atoms with Crippen molar-refractivity contribution in [3.8, 4) is 34.3 Å². The van der Waals surface area contributed by atoms with Crippen LogP contribution in [0.1, 0.15) is 19.6 Å². The van der Waals surface area contributed by atoms with Gasteiger partial charge in [-0.2, -0.15) is 5.10 Å². The zero-order valence-electron chi connectivity index (χ0n) is 13.4. The lowest BCUT2D eigenvalue weighted by Gasteiger charge is -2.11. The van der Waals surface area contributed by atoms with Gasteiger partial charge in [-0.1, -0.05) is 0 Å². The van der Waals surface area contributed by atoms with Crippen LogP contribution in [-0.2, 0) is 0 Å². The lowest BCUT2D eigenvalue weighted by Crippen LogP contribution is -1.98. The van der Waals surface area contributed by atoms with Gasteiger partial charge in [-0.15, -0.1) is 0 Å². The second-order valence-corrected chi connectivity index (χ2v) is 4.93. The number of hydrogen-bond acceptors (Lipinski definition) is 5. The van der Waals surface area contributed by atoms with Gasteiger partial charge in [0.05, 0.1) is 25.0 Å². The summed E-state index contributed by atoms with van der Waals surface area (Å²) in [5.41, 5.74) is 1.76. The monoisotopic (exact) mass is 313 g/mol. The standard InChI is InChI=1S/C17H19N3O3/c1-4-21-14-7-6-12(10-15(14)22-5-2)16-18-17(20-19-16)13-8-9-23-11(13)3/h6-10H,4-5H2,1-3H3,(H,18,19,20). The number of nitrogens with one attached hydrogen (secondary N) is 1. The van der Waals surface area contributed by atoms with Crippen molar-refractivity contribution in [3.63, 3.8) is 0 Å². The van der Waals surface area contributed by atoms with E-state index in [0.717, 1.165) is 22.6 Å². The van der Waals surface area contributed by atoms with Crippen molar-refractivity contribution >= 4 is 0 Å². The van der Waals surface area contributed by atoms with Crippen LogP contribution >= 0.6 is 0 Å². The Morgan fingerprint density at radius 2 is 1.87 bits per heavy atom. The molecule has 0 aliphatic heterocycles. The van der Waals surface area contributed by atoms with Gasteiger partial charge in [-0.05, 0) is 45.0 Å². The van der Waals surface area contributed by atoms with Crippen molar-refractivity contribution in [3.05, 3.63) is 36.3 Å². The molecule has 0 spiro atoms. The molecule has 23 heavy (non-hydrogen) atoms. The molecule has 2 aromatic heterocycles. The topological polar surface area (TPSA) is 73.2 Å². The summed E-state index contributed by atoms with van der Waals surface area (Å²) in [5, 5.41) is 7.23. The maximum Gasteiger partial charge on any atom is 0.181 e. The van der Waals surface area contributed by atoms with Gasteiger partial charge >= 0.3 is 0 Å². The maximum atomic E-state index is 5.64. The highest BCUT2D eigenvalue weighted by Gasteiger charge is 2.14. The molecule has 2 heterocycles. The number of furan rings is 1. The van der Waals surface area contributed by atoms with E-state index in [4.69, 9.17) is 13.9 Å². The van der Waals surface area contributed by atoms with Crippen LogP contribution in [0.4, 0.5) is 0 Å². The fourth-order valence-corrected chi connectivity index (χ4v) is 2.33. The molecule has 120 valence electrons. The first-order chi connectivity index (χ1) is 11.2. The number of nitrogens with zero attached hydrogens (tertiary/aromatic N) is 2. The van der Waals surface area contributed by atoms with Crippen LogP contribution in [0.25, 0.3) is 22.8 Å². The highest BCUT2D eigenvalue weighted by atomic mass is 16.5. The molecule has 6 nitrogen and oxygen atoms in total. The minimum absolute atomic E-state index is 0.566. The molecule has 0 saturated carbocycles. The third-order valence-electron chi connectivity index (χ3n) is 3.40. The first-order valence-corrected chi connectivity index (χ1v) is 7.59. The first kappa shape index (κ1) is 15.1. The van der Waals surface area contributed by atoms with Crippen LogP contribution in [0.15, 0.2) is 34.9 Å². The fourth-order valence-electron chi connectivity index (χ4n) is 2.33. The van der Waals surface area contributed by atoms with E-state index in [9.17, 15) is 0 Å². The fraction of sp³-hybridized carbons (Fsp3) is 0.294. The van der Waals surface area contributed by atoms with E-state index >= 15 is 0 Å². The highest BCUT2D eigenvalue weighted by molar-refractivity contribution is 5.64. The first-order valence-electron chi connectivity index (χ1n) is 7.59. The molecule has 0 aliphatic carbocycles. The molecule has 0 saturated heterocycles. The van der Waals surface area contributed by atoms with E-state index in [0.29, 0.717) is 30.6 Å². The Kier molecular flexibility index (Phi) is 4.32. The van der Waals surface area contributed by atoms with Gasteiger partial charge in [0.25, 0.3) is 0 Å². The second kappa shape index (κ2) is 6.56. The predicted molar refractivity (Wildman–Crippen MR) is 86.6 cm³/mol. The Morgan fingerprint density at radius 1 is 1.09 bits per heavy atom. The minimum Gasteiger partial charge on any atom is -0.490 e. The van der Waals surface area contributed by atoms with Crippen LogP contribution in [0.3, 0.4) is 0 Å². The van der Waals surface area contributed by atoms with Crippen molar-refractivity contribution in [2.24, 2.45) is 0 Å². The van der Waals surface area contributed by atoms with Crippen LogP contribution in [-0.4, -0.2) is 28.4 Å². The van der Waals surface area contributed by atoms with Gasteiger partial charge in [0.2, 0.25) is 0 Å². The molecule has 1 aromatic carbocycles. The van der Waals surface area contributed by atoms with Gasteiger partial charge in [0, 0.05) is 5.56 Å². The number of H-pyrrole nitrogens is 1. The molecular formula is C17H19N3O3. The third-order valence-corrected chi connectivity index (χ3v) is 3.40. The molecule has 0 bridgehead atoms. The van der Waals surface area contributed by atoms with E-state index in [1.54, 1.807) is 6.26 Å². The molecule has 0 radical (unpaired) electrons. The van der Waals surface area contributed by atoms with Gasteiger partial charge < -0.3 is 13.9 Å². The number of rotatable bonds is 6. The lowest BCUT2D eigenvalue weighted by molar-refractivity contribution is 0.288.